The summed E-state index contributed by atoms with van der Waals surface area (Å²) < 4.78 is 35.7. The first-order chi connectivity index (χ1) is 16.8. The van der Waals surface area contributed by atoms with Crippen molar-refractivity contribution in [2.75, 3.05) is 18.5 Å². The molecule has 0 fully saturated rings. The zero-order valence-electron chi connectivity index (χ0n) is 22.5. The summed E-state index contributed by atoms with van der Waals surface area (Å²) in [5.74, 6) is -6.70. The molecule has 0 aliphatic carbocycles. The number of unbranched alkanes of at least 4 members (excludes halogenated alkanes) is 7. The Morgan fingerprint density at radius 3 is 1.86 bits per heavy atom. The Balaban J connectivity index is 2.42. The third-order valence-corrected chi connectivity index (χ3v) is 5.47. The second-order valence-corrected chi connectivity index (χ2v) is 10.2. The van der Waals surface area contributed by atoms with E-state index in [0.717, 1.165) is 64.1 Å². The maximum Gasteiger partial charge on any atom is 0.328 e. The zero-order chi connectivity index (χ0) is 27.2. The van der Waals surface area contributed by atoms with Gasteiger partial charge < -0.3 is 14.8 Å². The number of carbonyl (C=O) groups is 3. The minimum atomic E-state index is -2.55. The third kappa shape index (κ3) is 13.5. The second-order valence-electron chi connectivity index (χ2n) is 10.2. The molecule has 8 heteroatoms. The van der Waals surface area contributed by atoms with Gasteiger partial charge in [-0.2, -0.15) is 0 Å². The molecule has 36 heavy (non-hydrogen) atoms. The van der Waals surface area contributed by atoms with Crippen molar-refractivity contribution in [3.63, 3.8) is 0 Å². The van der Waals surface area contributed by atoms with Gasteiger partial charge in [0.25, 0.3) is 0 Å². The molecule has 204 valence electrons. The van der Waals surface area contributed by atoms with Crippen LogP contribution in [0.3, 0.4) is 0 Å². The van der Waals surface area contributed by atoms with Crippen LogP contribution in [-0.2, 0) is 19.1 Å². The maximum absolute atomic E-state index is 12.9. The third-order valence-electron chi connectivity index (χ3n) is 5.47. The number of hydrogen-bond acceptors (Lipinski definition) is 6. The Morgan fingerprint density at radius 1 is 0.833 bits per heavy atom. The monoisotopic (exact) mass is 511 g/mol. The van der Waals surface area contributed by atoms with Crippen molar-refractivity contribution in [1.82, 2.24) is 0 Å². The molecule has 0 amide bonds. The number of Topliss-reactive ketones (excluding diaryl/α,β-unsaturated/α-hetero) is 1. The summed E-state index contributed by atoms with van der Waals surface area (Å²) in [4.78, 5) is 37.8. The minimum absolute atomic E-state index is 0.0243. The average molecular weight is 512 g/mol. The van der Waals surface area contributed by atoms with Gasteiger partial charge in [-0.3, -0.25) is 14.4 Å². The van der Waals surface area contributed by atoms with Crippen LogP contribution in [-0.4, -0.2) is 42.4 Å². The van der Waals surface area contributed by atoms with Crippen molar-refractivity contribution in [3.8, 4) is 0 Å². The number of esters is 2. The van der Waals surface area contributed by atoms with E-state index >= 15 is 0 Å². The molecule has 0 aliphatic rings. The van der Waals surface area contributed by atoms with Crippen molar-refractivity contribution in [3.05, 3.63) is 29.8 Å². The number of hydrogen-bond donors (Lipinski definition) is 1. The molecule has 0 aromatic heterocycles. The van der Waals surface area contributed by atoms with Gasteiger partial charge in [0, 0.05) is 24.2 Å². The van der Waals surface area contributed by atoms with Crippen LogP contribution < -0.4 is 5.32 Å². The Hall–Kier alpha value is -2.51. The Morgan fingerprint density at radius 2 is 1.36 bits per heavy atom. The number of carbonyl (C=O) groups excluding carboxylic acids is 3. The lowest BCUT2D eigenvalue weighted by Crippen LogP contribution is -2.38. The van der Waals surface area contributed by atoms with Crippen LogP contribution >= 0.6 is 0 Å². The van der Waals surface area contributed by atoms with Gasteiger partial charge in [-0.05, 0) is 71.7 Å². The fourth-order valence-electron chi connectivity index (χ4n) is 3.67. The fourth-order valence-corrected chi connectivity index (χ4v) is 3.67. The molecule has 0 bridgehead atoms. The van der Waals surface area contributed by atoms with Gasteiger partial charge in [0.05, 0.1) is 6.61 Å². The highest BCUT2D eigenvalue weighted by atomic mass is 19.3. The summed E-state index contributed by atoms with van der Waals surface area (Å²) >= 11 is 0. The van der Waals surface area contributed by atoms with Crippen LogP contribution in [0.2, 0.25) is 0 Å². The number of rotatable bonds is 17. The number of nitrogens with one attached hydrogen (secondary N) is 1. The lowest BCUT2D eigenvalue weighted by molar-refractivity contribution is -0.166. The topological polar surface area (TPSA) is 81.7 Å². The van der Waals surface area contributed by atoms with E-state index in [9.17, 15) is 23.2 Å². The number of anilines is 1. The Labute approximate surface area is 214 Å². The van der Waals surface area contributed by atoms with Crippen LogP contribution in [0.4, 0.5) is 14.5 Å². The molecular weight excluding hydrogens is 468 g/mol. The summed E-state index contributed by atoms with van der Waals surface area (Å²) in [6, 6.07) is 6.64. The molecule has 1 unspecified atom stereocenters. The lowest BCUT2D eigenvalue weighted by atomic mass is 9.97. The molecule has 1 aromatic carbocycles. The highest BCUT2D eigenvalue weighted by Crippen LogP contribution is 2.21. The van der Waals surface area contributed by atoms with Crippen LogP contribution in [0, 0.1) is 5.92 Å². The van der Waals surface area contributed by atoms with E-state index in [1.807, 2.05) is 0 Å². The predicted molar refractivity (Wildman–Crippen MR) is 137 cm³/mol. The van der Waals surface area contributed by atoms with E-state index < -0.39 is 35.2 Å². The fraction of sp³-hybridized carbons (Fsp3) is 0.679. The summed E-state index contributed by atoms with van der Waals surface area (Å²) in [5, 5.41) is 3.30. The standard InChI is InChI=1S/C28H43F2NO5/c1-6-35-25(33)23(26(34)36-27(2,3)4)24(32)21-15-17-22(18-16-21)31-20-14-12-10-8-7-9-11-13-19-28(5,29)30/h15-18,23,31H,6-14,19-20H2,1-5H3. The SMILES string of the molecule is CCOC(=O)C(C(=O)OC(C)(C)C)C(=O)c1ccc(NCCCCCCCCCCC(C)(F)F)cc1. The second kappa shape index (κ2) is 15.6. The van der Waals surface area contributed by atoms with E-state index in [1.165, 1.54) is 0 Å². The van der Waals surface area contributed by atoms with Crippen LogP contribution in [0.15, 0.2) is 24.3 Å². The molecule has 0 saturated carbocycles. The molecular formula is C28H43F2NO5. The Bertz CT molecular complexity index is 813. The largest absolute Gasteiger partial charge is 0.465 e. The van der Waals surface area contributed by atoms with Crippen LogP contribution in [0.25, 0.3) is 0 Å². The van der Waals surface area contributed by atoms with Crippen LogP contribution in [0.1, 0.15) is 103 Å². The van der Waals surface area contributed by atoms with E-state index in [4.69, 9.17) is 9.47 Å². The van der Waals surface area contributed by atoms with Gasteiger partial charge in [-0.25, -0.2) is 8.78 Å². The first-order valence-electron chi connectivity index (χ1n) is 13.0. The van der Waals surface area contributed by atoms with E-state index in [-0.39, 0.29) is 18.6 Å². The zero-order valence-corrected chi connectivity index (χ0v) is 22.5. The smallest absolute Gasteiger partial charge is 0.328 e. The Kier molecular flexibility index (Phi) is 13.6. The van der Waals surface area contributed by atoms with Gasteiger partial charge in [0.2, 0.25) is 11.8 Å². The molecule has 6 nitrogen and oxygen atoms in total. The highest BCUT2D eigenvalue weighted by molar-refractivity contribution is 6.20. The summed E-state index contributed by atoms with van der Waals surface area (Å²) in [6.07, 6.45) is 7.80. The van der Waals surface area contributed by atoms with Gasteiger partial charge in [-0.1, -0.05) is 38.5 Å². The number of halogens is 2. The number of ether oxygens (including phenoxy) is 2. The van der Waals surface area contributed by atoms with E-state index in [1.54, 1.807) is 52.0 Å². The molecule has 1 atom stereocenters. The molecule has 0 saturated heterocycles. The normalized spacial score (nSPS) is 12.6. The van der Waals surface area contributed by atoms with Crippen molar-refractivity contribution < 1.29 is 32.6 Å². The number of benzene rings is 1. The molecule has 0 aliphatic heterocycles. The first kappa shape index (κ1) is 31.5. The highest BCUT2D eigenvalue weighted by Gasteiger charge is 2.39. The van der Waals surface area contributed by atoms with E-state index in [2.05, 4.69) is 5.32 Å². The van der Waals surface area contributed by atoms with Crippen molar-refractivity contribution >= 4 is 23.4 Å². The van der Waals surface area contributed by atoms with Crippen LogP contribution in [0.5, 0.6) is 0 Å². The summed E-state index contributed by atoms with van der Waals surface area (Å²) in [7, 11) is 0. The van der Waals surface area contributed by atoms with E-state index in [0.29, 0.717) is 6.42 Å². The van der Waals surface area contributed by atoms with Gasteiger partial charge in [0.15, 0.2) is 5.78 Å². The molecule has 1 N–H and O–H groups in total. The number of alkyl halides is 2. The minimum Gasteiger partial charge on any atom is -0.465 e. The average Bonchev–Trinajstić information content (AvgIpc) is 2.76. The summed E-state index contributed by atoms with van der Waals surface area (Å²) in [6.45, 7) is 8.41. The lowest BCUT2D eigenvalue weighted by Gasteiger charge is -2.22. The van der Waals surface area contributed by atoms with Crippen molar-refractivity contribution in [1.29, 1.82) is 0 Å². The van der Waals surface area contributed by atoms with Crippen molar-refractivity contribution in [2.24, 2.45) is 5.92 Å². The molecule has 1 aromatic rings. The molecule has 0 radical (unpaired) electrons. The number of ketones is 1. The quantitative estimate of drug-likeness (QED) is 0.105. The molecule has 1 rings (SSSR count). The summed E-state index contributed by atoms with van der Waals surface area (Å²) in [5.41, 5.74) is 0.224. The molecule has 0 heterocycles. The van der Waals surface area contributed by atoms with Gasteiger partial charge >= 0.3 is 11.9 Å². The van der Waals surface area contributed by atoms with Gasteiger partial charge in [-0.15, -0.1) is 0 Å². The molecule has 0 spiro atoms. The maximum atomic E-state index is 12.9. The first-order valence-corrected chi connectivity index (χ1v) is 13.0. The van der Waals surface area contributed by atoms with Gasteiger partial charge in [0.1, 0.15) is 5.60 Å². The predicted octanol–water partition coefficient (Wildman–Crippen LogP) is 6.97. The van der Waals surface area contributed by atoms with Crippen molar-refractivity contribution in [2.45, 2.75) is 104 Å².